The number of hydrogen-bond acceptors (Lipinski definition) is 7. The molecule has 33 heavy (non-hydrogen) atoms. The van der Waals surface area contributed by atoms with Gasteiger partial charge in [0.25, 0.3) is 5.56 Å². The van der Waals surface area contributed by atoms with Crippen molar-refractivity contribution in [3.8, 4) is 29.1 Å². The molecule has 1 aliphatic heterocycles. The topological polar surface area (TPSA) is 131 Å². The summed E-state index contributed by atoms with van der Waals surface area (Å²) >= 11 is 0. The number of phenolic OH excluding ortho intramolecular Hbond substituents is 2. The maximum absolute atomic E-state index is 13.7. The number of aromatic hydroxyl groups is 2. The smallest absolute Gasteiger partial charge is 0.258 e. The summed E-state index contributed by atoms with van der Waals surface area (Å²) in [7, 11) is 1.55. The van der Waals surface area contributed by atoms with E-state index in [0.29, 0.717) is 41.3 Å². The molecule has 3 aromatic rings. The summed E-state index contributed by atoms with van der Waals surface area (Å²) in [6.07, 6.45) is 0.446. The lowest BCUT2D eigenvalue weighted by molar-refractivity contribution is 0.387. The molecule has 0 saturated heterocycles. The first-order valence-electron chi connectivity index (χ1n) is 10.3. The van der Waals surface area contributed by atoms with Gasteiger partial charge in [0, 0.05) is 18.3 Å². The Labute approximate surface area is 190 Å². The second kappa shape index (κ2) is 8.63. The van der Waals surface area contributed by atoms with Gasteiger partial charge < -0.3 is 30.0 Å². The van der Waals surface area contributed by atoms with E-state index in [0.717, 1.165) is 5.56 Å². The molecule has 168 valence electrons. The molecule has 0 spiro atoms. The van der Waals surface area contributed by atoms with Gasteiger partial charge in [-0.3, -0.25) is 4.79 Å². The van der Waals surface area contributed by atoms with Crippen molar-refractivity contribution in [2.24, 2.45) is 5.73 Å². The number of aromatic nitrogens is 1. The van der Waals surface area contributed by atoms with Crippen molar-refractivity contribution in [3.05, 3.63) is 92.7 Å². The van der Waals surface area contributed by atoms with Crippen LogP contribution in [0.3, 0.4) is 0 Å². The van der Waals surface area contributed by atoms with Gasteiger partial charge in [0.1, 0.15) is 23.1 Å². The van der Waals surface area contributed by atoms with Gasteiger partial charge in [0.05, 0.1) is 18.6 Å². The molecule has 1 aliphatic rings. The molecular formula is C25H23N3O5. The van der Waals surface area contributed by atoms with Gasteiger partial charge in [-0.15, -0.1) is 0 Å². The number of aryl methyl sites for hydroxylation is 2. The maximum atomic E-state index is 13.7. The molecule has 8 heteroatoms. The third-order valence-corrected chi connectivity index (χ3v) is 5.78. The number of phenols is 2. The molecule has 1 aromatic heterocycles. The number of allylic oxidation sites excluding steroid dienone is 1. The molecule has 8 nitrogen and oxygen atoms in total. The Morgan fingerprint density at radius 1 is 1.18 bits per heavy atom. The number of ether oxygens (including phenoxy) is 2. The summed E-state index contributed by atoms with van der Waals surface area (Å²) < 4.78 is 12.6. The molecule has 0 bridgehead atoms. The molecule has 0 amide bonds. The lowest BCUT2D eigenvalue weighted by atomic mass is 9.84. The standard InChI is InChI=1S/C25H23N3O5/c1-14-10-21-23(25(31)28(14)9-8-15-6-7-19(29)20(30)11-15)22(18(13-26)24(27)33-21)16-4-3-5-17(12-16)32-2/h3-7,10-12,22,29-30H,8-9,27H2,1-2H3. The van der Waals surface area contributed by atoms with Crippen molar-refractivity contribution >= 4 is 0 Å². The van der Waals surface area contributed by atoms with Crippen LogP contribution < -0.4 is 20.8 Å². The number of fused-ring (bicyclic) bond motifs is 1. The Kier molecular flexibility index (Phi) is 5.71. The van der Waals surface area contributed by atoms with Crippen LogP contribution in [-0.4, -0.2) is 21.9 Å². The number of nitriles is 1. The Balaban J connectivity index is 1.81. The zero-order valence-corrected chi connectivity index (χ0v) is 18.2. The van der Waals surface area contributed by atoms with Crippen molar-refractivity contribution < 1.29 is 19.7 Å². The largest absolute Gasteiger partial charge is 0.504 e. The van der Waals surface area contributed by atoms with E-state index in [4.69, 9.17) is 15.2 Å². The monoisotopic (exact) mass is 445 g/mol. The number of rotatable bonds is 5. The number of nitrogens with two attached hydrogens (primary N) is 1. The summed E-state index contributed by atoms with van der Waals surface area (Å²) in [6.45, 7) is 2.12. The first-order chi connectivity index (χ1) is 15.8. The van der Waals surface area contributed by atoms with E-state index in [1.807, 2.05) is 6.07 Å². The van der Waals surface area contributed by atoms with Crippen molar-refractivity contribution in [1.29, 1.82) is 5.26 Å². The van der Waals surface area contributed by atoms with Gasteiger partial charge >= 0.3 is 0 Å². The maximum Gasteiger partial charge on any atom is 0.258 e. The zero-order chi connectivity index (χ0) is 23.7. The van der Waals surface area contributed by atoms with E-state index in [2.05, 4.69) is 6.07 Å². The summed E-state index contributed by atoms with van der Waals surface area (Å²) in [5.74, 6) is -0.239. The van der Waals surface area contributed by atoms with Gasteiger partial charge in [0.2, 0.25) is 5.88 Å². The average molecular weight is 445 g/mol. The average Bonchev–Trinajstić information content (AvgIpc) is 2.80. The molecule has 0 aliphatic carbocycles. The predicted octanol–water partition coefficient (Wildman–Crippen LogP) is 3.04. The molecule has 0 fully saturated rings. The molecule has 1 atom stereocenters. The fourth-order valence-corrected chi connectivity index (χ4v) is 4.08. The molecular weight excluding hydrogens is 422 g/mol. The van der Waals surface area contributed by atoms with E-state index in [1.165, 1.54) is 12.1 Å². The van der Waals surface area contributed by atoms with Crippen LogP contribution in [0.4, 0.5) is 0 Å². The van der Waals surface area contributed by atoms with Crippen LogP contribution in [-0.2, 0) is 13.0 Å². The minimum absolute atomic E-state index is 0.0334. The van der Waals surface area contributed by atoms with Crippen LogP contribution >= 0.6 is 0 Å². The van der Waals surface area contributed by atoms with E-state index in [-0.39, 0.29) is 28.5 Å². The molecule has 2 heterocycles. The third kappa shape index (κ3) is 3.96. The summed E-state index contributed by atoms with van der Waals surface area (Å²) in [6, 6.07) is 15.6. The number of hydrogen-bond donors (Lipinski definition) is 3. The highest BCUT2D eigenvalue weighted by Gasteiger charge is 2.34. The second-order valence-corrected chi connectivity index (χ2v) is 7.79. The van der Waals surface area contributed by atoms with Crippen molar-refractivity contribution in [1.82, 2.24) is 4.57 Å². The van der Waals surface area contributed by atoms with Crippen molar-refractivity contribution in [3.63, 3.8) is 0 Å². The normalized spacial score (nSPS) is 14.9. The number of methoxy groups -OCH3 is 1. The molecule has 2 aromatic carbocycles. The summed E-state index contributed by atoms with van der Waals surface area (Å²) in [5.41, 5.74) is 8.36. The zero-order valence-electron chi connectivity index (χ0n) is 18.2. The Morgan fingerprint density at radius 2 is 1.97 bits per heavy atom. The Hall–Kier alpha value is -4.38. The van der Waals surface area contributed by atoms with Crippen LogP contribution in [0, 0.1) is 18.3 Å². The fraction of sp³-hybridized carbons (Fsp3) is 0.200. The lowest BCUT2D eigenvalue weighted by Crippen LogP contribution is -2.33. The molecule has 1 unspecified atom stereocenters. The highest BCUT2D eigenvalue weighted by atomic mass is 16.5. The third-order valence-electron chi connectivity index (χ3n) is 5.78. The lowest BCUT2D eigenvalue weighted by Gasteiger charge is -2.27. The van der Waals surface area contributed by atoms with Crippen molar-refractivity contribution in [2.75, 3.05) is 7.11 Å². The minimum atomic E-state index is -0.703. The van der Waals surface area contributed by atoms with Gasteiger partial charge in [0.15, 0.2) is 11.5 Å². The predicted molar refractivity (Wildman–Crippen MR) is 121 cm³/mol. The van der Waals surface area contributed by atoms with Crippen molar-refractivity contribution in [2.45, 2.75) is 25.8 Å². The molecule has 0 saturated carbocycles. The Morgan fingerprint density at radius 3 is 2.67 bits per heavy atom. The van der Waals surface area contributed by atoms with Gasteiger partial charge in [-0.25, -0.2) is 0 Å². The Bertz CT molecular complexity index is 1370. The van der Waals surface area contributed by atoms with E-state index in [9.17, 15) is 20.3 Å². The number of pyridine rings is 1. The van der Waals surface area contributed by atoms with Crippen LogP contribution in [0.1, 0.15) is 28.3 Å². The highest BCUT2D eigenvalue weighted by Crippen LogP contribution is 2.41. The highest BCUT2D eigenvalue weighted by molar-refractivity contribution is 5.56. The molecule has 4 N–H and O–H groups in total. The van der Waals surface area contributed by atoms with Gasteiger partial charge in [-0.2, -0.15) is 5.26 Å². The number of nitrogens with zero attached hydrogens (tertiary/aromatic N) is 2. The second-order valence-electron chi connectivity index (χ2n) is 7.79. The van der Waals surface area contributed by atoms with Crippen LogP contribution in [0.2, 0.25) is 0 Å². The van der Waals surface area contributed by atoms with Gasteiger partial charge in [-0.05, 0) is 48.7 Å². The van der Waals surface area contributed by atoms with E-state index >= 15 is 0 Å². The van der Waals surface area contributed by atoms with Crippen LogP contribution in [0.5, 0.6) is 23.0 Å². The quantitative estimate of drug-likeness (QED) is 0.515. The molecule has 0 radical (unpaired) electrons. The van der Waals surface area contributed by atoms with Crippen LogP contribution in [0.15, 0.2) is 64.8 Å². The first kappa shape index (κ1) is 21.8. The van der Waals surface area contributed by atoms with Gasteiger partial charge in [-0.1, -0.05) is 18.2 Å². The van der Waals surface area contributed by atoms with E-state index in [1.54, 1.807) is 48.9 Å². The van der Waals surface area contributed by atoms with E-state index < -0.39 is 5.92 Å². The summed E-state index contributed by atoms with van der Waals surface area (Å²) in [5, 5.41) is 29.1. The first-order valence-corrected chi connectivity index (χ1v) is 10.3. The molecule has 4 rings (SSSR count). The van der Waals surface area contributed by atoms with Crippen LogP contribution in [0.25, 0.3) is 0 Å². The fourth-order valence-electron chi connectivity index (χ4n) is 4.08. The minimum Gasteiger partial charge on any atom is -0.504 e. The SMILES string of the molecule is COc1cccc(C2C(C#N)=C(N)Oc3cc(C)n(CCc4ccc(O)c(O)c4)c(=O)c32)c1. The number of benzene rings is 2. The summed E-state index contributed by atoms with van der Waals surface area (Å²) in [4.78, 5) is 13.7.